The Hall–Kier alpha value is -3.68. The average Bonchev–Trinajstić information content (AvgIpc) is 3.49. The quantitative estimate of drug-likeness (QED) is 0.466. The van der Waals surface area contributed by atoms with Crippen LogP contribution in [-0.4, -0.2) is 65.8 Å². The van der Waals surface area contributed by atoms with Crippen LogP contribution in [0.5, 0.6) is 11.6 Å². The van der Waals surface area contributed by atoms with Crippen LogP contribution in [0.15, 0.2) is 45.9 Å². The fourth-order valence-corrected chi connectivity index (χ4v) is 5.31. The molecule has 1 aliphatic rings. The van der Waals surface area contributed by atoms with Crippen molar-refractivity contribution in [1.82, 2.24) is 14.1 Å². The zero-order valence-corrected chi connectivity index (χ0v) is 21.7. The van der Waals surface area contributed by atoms with Gasteiger partial charge in [0.2, 0.25) is 15.9 Å². The van der Waals surface area contributed by atoms with Crippen LogP contribution >= 0.6 is 0 Å². The molecule has 0 atom stereocenters. The summed E-state index contributed by atoms with van der Waals surface area (Å²) in [7, 11) is -4.09. The number of carboxylic acids is 1. The van der Waals surface area contributed by atoms with Crippen LogP contribution in [0.3, 0.4) is 0 Å². The third-order valence-corrected chi connectivity index (χ3v) is 7.57. The molecule has 1 aromatic carbocycles. The Balaban J connectivity index is 1.81. The van der Waals surface area contributed by atoms with Gasteiger partial charge in [-0.25, -0.2) is 17.9 Å². The summed E-state index contributed by atoms with van der Waals surface area (Å²) in [4.78, 5) is 24.0. The number of carboxylic acid groups (broad SMARTS) is 1. The Kier molecular flexibility index (Phi) is 7.13. The third kappa shape index (κ3) is 5.38. The van der Waals surface area contributed by atoms with E-state index in [1.54, 1.807) is 13.0 Å². The maximum atomic E-state index is 13.7. The van der Waals surface area contributed by atoms with Crippen molar-refractivity contribution in [3.05, 3.63) is 53.6 Å². The Labute approximate surface area is 213 Å². The molecule has 3 aromatic rings. The number of hydrogen-bond acceptors (Lipinski definition) is 8. The molecular weight excluding hydrogens is 504 g/mol. The highest BCUT2D eigenvalue weighted by Gasteiger charge is 2.33. The molecule has 3 heterocycles. The molecule has 198 valence electrons. The van der Waals surface area contributed by atoms with Gasteiger partial charge in [-0.05, 0) is 58.0 Å². The Bertz CT molecular complexity index is 1420. The minimum atomic E-state index is -4.09. The molecule has 0 bridgehead atoms. The van der Waals surface area contributed by atoms with Gasteiger partial charge in [-0.2, -0.15) is 9.40 Å². The first kappa shape index (κ1) is 26.4. The molecule has 2 aromatic heterocycles. The summed E-state index contributed by atoms with van der Waals surface area (Å²) in [5, 5.41) is 16.4. The van der Waals surface area contributed by atoms with Crippen LogP contribution in [0, 0.1) is 6.92 Å². The minimum Gasteiger partial charge on any atom is -0.476 e. The molecule has 1 aliphatic heterocycles. The van der Waals surface area contributed by atoms with Crippen molar-refractivity contribution in [2.75, 3.05) is 31.6 Å². The fourth-order valence-electron chi connectivity index (χ4n) is 3.76. The molecule has 37 heavy (non-hydrogen) atoms. The summed E-state index contributed by atoms with van der Waals surface area (Å²) < 4.78 is 46.6. The third-order valence-electron chi connectivity index (χ3n) is 5.65. The Morgan fingerprint density at radius 3 is 2.46 bits per heavy atom. The second-order valence-electron chi connectivity index (χ2n) is 9.38. The number of anilines is 1. The van der Waals surface area contributed by atoms with Crippen molar-refractivity contribution < 1.29 is 37.0 Å². The van der Waals surface area contributed by atoms with Crippen LogP contribution in [0.4, 0.5) is 5.69 Å². The molecule has 0 radical (unpaired) electrons. The van der Waals surface area contributed by atoms with E-state index in [-0.39, 0.29) is 65.5 Å². The van der Waals surface area contributed by atoms with Crippen molar-refractivity contribution in [3.8, 4) is 11.6 Å². The van der Waals surface area contributed by atoms with E-state index in [9.17, 15) is 23.1 Å². The van der Waals surface area contributed by atoms with E-state index in [1.165, 1.54) is 39.5 Å². The van der Waals surface area contributed by atoms with Gasteiger partial charge in [-0.15, -0.1) is 0 Å². The molecule has 1 saturated heterocycles. The van der Waals surface area contributed by atoms with Gasteiger partial charge in [0.15, 0.2) is 11.5 Å². The number of aromatic carboxylic acids is 1. The lowest BCUT2D eigenvalue weighted by molar-refractivity contribution is 0.0687. The number of ether oxygens (including phenoxy) is 2. The molecule has 2 N–H and O–H groups in total. The van der Waals surface area contributed by atoms with Crippen molar-refractivity contribution >= 4 is 27.6 Å². The molecule has 0 saturated carbocycles. The highest BCUT2D eigenvalue weighted by Crippen LogP contribution is 2.37. The number of furan rings is 1. The number of nitrogens with zero attached hydrogens (tertiary/aromatic N) is 3. The highest BCUT2D eigenvalue weighted by atomic mass is 32.2. The number of carbonyl (C=O) groups excluding carboxylic acids is 1. The largest absolute Gasteiger partial charge is 0.476 e. The number of rotatable bonds is 7. The lowest BCUT2D eigenvalue weighted by atomic mass is 10.1. The molecule has 0 spiro atoms. The monoisotopic (exact) mass is 532 g/mol. The molecule has 4 rings (SSSR count). The van der Waals surface area contributed by atoms with Gasteiger partial charge in [-0.1, -0.05) is 0 Å². The van der Waals surface area contributed by atoms with Gasteiger partial charge < -0.3 is 24.3 Å². The maximum Gasteiger partial charge on any atom is 0.356 e. The van der Waals surface area contributed by atoms with Gasteiger partial charge in [0.05, 0.1) is 25.0 Å². The molecule has 1 amide bonds. The van der Waals surface area contributed by atoms with E-state index >= 15 is 0 Å². The van der Waals surface area contributed by atoms with Gasteiger partial charge >= 0.3 is 5.97 Å². The van der Waals surface area contributed by atoms with Crippen molar-refractivity contribution in [3.63, 3.8) is 0 Å². The Morgan fingerprint density at radius 2 is 1.86 bits per heavy atom. The number of carbonyl (C=O) groups is 2. The summed E-state index contributed by atoms with van der Waals surface area (Å²) in [6.45, 7) is 7.76. The first-order valence-corrected chi connectivity index (χ1v) is 12.9. The second-order valence-corrected chi connectivity index (χ2v) is 11.3. The van der Waals surface area contributed by atoms with Gasteiger partial charge in [0.1, 0.15) is 10.6 Å². The molecular formula is C24H28N4O8S. The lowest BCUT2D eigenvalue weighted by Crippen LogP contribution is -2.40. The van der Waals surface area contributed by atoms with Crippen LogP contribution in [0.1, 0.15) is 47.4 Å². The van der Waals surface area contributed by atoms with E-state index in [2.05, 4.69) is 10.4 Å². The number of hydrogen-bond donors (Lipinski definition) is 2. The smallest absolute Gasteiger partial charge is 0.356 e. The van der Waals surface area contributed by atoms with Gasteiger partial charge in [0.25, 0.3) is 5.91 Å². The summed E-state index contributed by atoms with van der Waals surface area (Å²) in [5.41, 5.74) is -0.432. The second kappa shape index (κ2) is 10.00. The topological polar surface area (TPSA) is 153 Å². The molecule has 12 nitrogen and oxygen atoms in total. The van der Waals surface area contributed by atoms with E-state index in [0.717, 1.165) is 0 Å². The van der Waals surface area contributed by atoms with Crippen LogP contribution < -0.4 is 10.1 Å². The summed E-state index contributed by atoms with van der Waals surface area (Å²) in [5.74, 6) is -1.68. The van der Waals surface area contributed by atoms with Crippen LogP contribution in [-0.2, 0) is 20.3 Å². The lowest BCUT2D eigenvalue weighted by Gasteiger charge is -2.27. The Morgan fingerprint density at radius 1 is 1.16 bits per heavy atom. The molecule has 0 aliphatic carbocycles. The maximum absolute atomic E-state index is 13.7. The number of nitrogens with one attached hydrogen (secondary N) is 1. The van der Waals surface area contributed by atoms with Gasteiger partial charge in [-0.3, -0.25) is 4.79 Å². The normalized spacial score (nSPS) is 14.9. The average molecular weight is 533 g/mol. The van der Waals surface area contributed by atoms with Gasteiger partial charge in [0, 0.05) is 24.3 Å². The highest BCUT2D eigenvalue weighted by molar-refractivity contribution is 7.89. The summed E-state index contributed by atoms with van der Waals surface area (Å²) in [6.07, 6.45) is 1.35. The van der Waals surface area contributed by atoms with E-state index < -0.39 is 27.4 Å². The zero-order chi connectivity index (χ0) is 27.0. The summed E-state index contributed by atoms with van der Waals surface area (Å²) in [6, 6.07) is 7.23. The van der Waals surface area contributed by atoms with E-state index in [1.807, 2.05) is 20.8 Å². The number of aromatic nitrogens is 2. The van der Waals surface area contributed by atoms with E-state index in [4.69, 9.17) is 13.9 Å². The fraction of sp³-hybridized carbons (Fsp3) is 0.375. The number of sulfonamides is 1. The SMILES string of the molecule is Cc1c(C(=O)O)nn(C(C)(C)C)c1Oc1ccc(NC(=O)c2ccco2)cc1S(=O)(=O)N1CCOCC1. The minimum absolute atomic E-state index is 0.0482. The molecule has 13 heteroatoms. The van der Waals surface area contributed by atoms with Crippen LogP contribution in [0.25, 0.3) is 0 Å². The standard InChI is InChI=1S/C24H28N4O8S/c1-15-20(23(30)31)26-28(24(2,3)4)22(15)36-17-8-7-16(25-21(29)18-6-5-11-35-18)14-19(17)37(32,33)27-9-12-34-13-10-27/h5-8,11,14H,9-10,12-13H2,1-4H3,(H,25,29)(H,30,31). The zero-order valence-electron chi connectivity index (χ0n) is 20.8. The first-order chi connectivity index (χ1) is 17.4. The van der Waals surface area contributed by atoms with Crippen molar-refractivity contribution in [1.29, 1.82) is 0 Å². The predicted octanol–water partition coefficient (Wildman–Crippen LogP) is 3.30. The molecule has 0 unspecified atom stereocenters. The summed E-state index contributed by atoms with van der Waals surface area (Å²) >= 11 is 0. The van der Waals surface area contributed by atoms with Crippen molar-refractivity contribution in [2.45, 2.75) is 38.1 Å². The number of morpholine rings is 1. The molecule has 1 fully saturated rings. The number of benzene rings is 1. The van der Waals surface area contributed by atoms with Crippen LogP contribution in [0.2, 0.25) is 0 Å². The predicted molar refractivity (Wildman–Crippen MR) is 132 cm³/mol. The first-order valence-electron chi connectivity index (χ1n) is 11.5. The van der Waals surface area contributed by atoms with E-state index in [0.29, 0.717) is 0 Å². The number of amides is 1. The van der Waals surface area contributed by atoms with Crippen molar-refractivity contribution in [2.24, 2.45) is 0 Å².